The molecule has 2 aromatic heterocycles. The summed E-state index contributed by atoms with van der Waals surface area (Å²) in [6.07, 6.45) is 2.20. The molecule has 0 aliphatic heterocycles. The highest BCUT2D eigenvalue weighted by atomic mass is 16.1. The van der Waals surface area contributed by atoms with Crippen molar-refractivity contribution in [3.63, 3.8) is 0 Å². The van der Waals surface area contributed by atoms with Crippen molar-refractivity contribution in [2.75, 3.05) is 0 Å². The van der Waals surface area contributed by atoms with Crippen LogP contribution in [-0.2, 0) is 17.9 Å². The van der Waals surface area contributed by atoms with E-state index in [0.717, 1.165) is 33.7 Å². The molecule has 0 aliphatic rings. The fraction of sp³-hybridized carbons (Fsp3) is 0.227. The number of fused-ring (bicyclic) bond motifs is 1. The minimum Gasteiger partial charge on any atom is -0.352 e. The highest BCUT2D eigenvalue weighted by molar-refractivity contribution is 5.77. The fourth-order valence-corrected chi connectivity index (χ4v) is 3.44. The first-order chi connectivity index (χ1) is 13.6. The second-order valence-electron chi connectivity index (χ2n) is 6.85. The van der Waals surface area contributed by atoms with Gasteiger partial charge in [0.15, 0.2) is 0 Å². The summed E-state index contributed by atoms with van der Waals surface area (Å²) in [7, 11) is 0. The third-order valence-electron chi connectivity index (χ3n) is 5.01. The number of para-hydroxylation sites is 3. The molecule has 4 rings (SSSR count). The Kier molecular flexibility index (Phi) is 4.93. The summed E-state index contributed by atoms with van der Waals surface area (Å²) in [6, 6.07) is 18.0. The monoisotopic (exact) mass is 373 g/mol. The second kappa shape index (κ2) is 7.68. The third kappa shape index (κ3) is 3.53. The van der Waals surface area contributed by atoms with Gasteiger partial charge in [-0.1, -0.05) is 30.3 Å². The minimum atomic E-state index is 0.0176. The van der Waals surface area contributed by atoms with E-state index in [9.17, 15) is 4.79 Å². The van der Waals surface area contributed by atoms with Crippen LogP contribution in [0.15, 0.2) is 60.9 Å². The van der Waals surface area contributed by atoms with Crippen LogP contribution in [-0.4, -0.2) is 25.2 Å². The predicted molar refractivity (Wildman–Crippen MR) is 109 cm³/mol. The SMILES string of the molecule is Cc1nn(-c2ccccc2)c(C)c1CNC(=O)CCn1cnc2ccccc21. The van der Waals surface area contributed by atoms with Crippen molar-refractivity contribution in [1.29, 1.82) is 0 Å². The number of carbonyl (C=O) groups is 1. The maximum absolute atomic E-state index is 12.4. The van der Waals surface area contributed by atoms with E-state index >= 15 is 0 Å². The topological polar surface area (TPSA) is 64.7 Å². The van der Waals surface area contributed by atoms with Gasteiger partial charge in [-0.25, -0.2) is 9.67 Å². The Morgan fingerprint density at radius 3 is 2.61 bits per heavy atom. The number of hydrogen-bond acceptors (Lipinski definition) is 3. The molecule has 28 heavy (non-hydrogen) atoms. The Bertz CT molecular complexity index is 1110. The van der Waals surface area contributed by atoms with Gasteiger partial charge in [-0.05, 0) is 38.1 Å². The second-order valence-corrected chi connectivity index (χ2v) is 6.85. The molecule has 2 heterocycles. The molecule has 0 spiro atoms. The number of imidazole rings is 1. The number of hydrogen-bond donors (Lipinski definition) is 1. The number of carbonyl (C=O) groups excluding carboxylic acids is 1. The van der Waals surface area contributed by atoms with Gasteiger partial charge in [0.1, 0.15) is 0 Å². The van der Waals surface area contributed by atoms with Crippen LogP contribution >= 0.6 is 0 Å². The number of benzene rings is 2. The van der Waals surface area contributed by atoms with E-state index in [-0.39, 0.29) is 5.91 Å². The molecule has 142 valence electrons. The molecule has 2 aromatic carbocycles. The van der Waals surface area contributed by atoms with Crippen LogP contribution < -0.4 is 5.32 Å². The van der Waals surface area contributed by atoms with Gasteiger partial charge in [-0.3, -0.25) is 4.79 Å². The lowest BCUT2D eigenvalue weighted by Gasteiger charge is -2.08. The van der Waals surface area contributed by atoms with Crippen molar-refractivity contribution in [3.8, 4) is 5.69 Å². The Labute approximate surface area is 163 Å². The lowest BCUT2D eigenvalue weighted by molar-refractivity contribution is -0.121. The summed E-state index contributed by atoms with van der Waals surface area (Å²) in [5, 5.41) is 7.66. The van der Waals surface area contributed by atoms with Gasteiger partial charge in [0, 0.05) is 30.8 Å². The van der Waals surface area contributed by atoms with E-state index in [4.69, 9.17) is 0 Å². The smallest absolute Gasteiger partial charge is 0.222 e. The average molecular weight is 373 g/mol. The maximum Gasteiger partial charge on any atom is 0.222 e. The number of nitrogens with one attached hydrogen (secondary N) is 1. The van der Waals surface area contributed by atoms with E-state index in [1.165, 1.54) is 0 Å². The first-order valence-electron chi connectivity index (χ1n) is 9.40. The molecule has 1 amide bonds. The van der Waals surface area contributed by atoms with E-state index in [1.54, 1.807) is 6.33 Å². The maximum atomic E-state index is 12.4. The normalized spacial score (nSPS) is 11.1. The first kappa shape index (κ1) is 18.0. The van der Waals surface area contributed by atoms with Crippen molar-refractivity contribution in [2.24, 2.45) is 0 Å². The quantitative estimate of drug-likeness (QED) is 0.562. The lowest BCUT2D eigenvalue weighted by Crippen LogP contribution is -2.24. The van der Waals surface area contributed by atoms with Crippen LogP contribution in [0, 0.1) is 13.8 Å². The Morgan fingerprint density at radius 2 is 1.79 bits per heavy atom. The summed E-state index contributed by atoms with van der Waals surface area (Å²) in [5.74, 6) is 0.0176. The summed E-state index contributed by atoms with van der Waals surface area (Å²) in [5.41, 5.74) is 6.05. The summed E-state index contributed by atoms with van der Waals surface area (Å²) < 4.78 is 3.94. The molecule has 0 saturated carbocycles. The van der Waals surface area contributed by atoms with Crippen molar-refractivity contribution >= 4 is 16.9 Å². The first-order valence-corrected chi connectivity index (χ1v) is 9.40. The molecule has 0 radical (unpaired) electrons. The number of aromatic nitrogens is 4. The van der Waals surface area contributed by atoms with E-state index in [2.05, 4.69) is 15.4 Å². The Morgan fingerprint density at radius 1 is 1.04 bits per heavy atom. The van der Waals surface area contributed by atoms with Gasteiger partial charge in [-0.15, -0.1) is 0 Å². The highest BCUT2D eigenvalue weighted by Gasteiger charge is 2.14. The van der Waals surface area contributed by atoms with Crippen molar-refractivity contribution < 1.29 is 4.79 Å². The molecule has 0 unspecified atom stereocenters. The summed E-state index contributed by atoms with van der Waals surface area (Å²) in [4.78, 5) is 16.7. The molecule has 6 heteroatoms. The van der Waals surface area contributed by atoms with Crippen molar-refractivity contribution in [2.45, 2.75) is 33.4 Å². The molecule has 0 bridgehead atoms. The number of nitrogens with zero attached hydrogens (tertiary/aromatic N) is 4. The van der Waals surface area contributed by atoms with E-state index in [0.29, 0.717) is 19.5 Å². The van der Waals surface area contributed by atoms with Gasteiger partial charge in [0.25, 0.3) is 0 Å². The van der Waals surface area contributed by atoms with Gasteiger partial charge in [0.05, 0.1) is 28.7 Å². The molecule has 0 atom stereocenters. The Balaban J connectivity index is 1.39. The summed E-state index contributed by atoms with van der Waals surface area (Å²) >= 11 is 0. The lowest BCUT2D eigenvalue weighted by atomic mass is 10.2. The van der Waals surface area contributed by atoms with Crippen LogP contribution in [0.25, 0.3) is 16.7 Å². The van der Waals surface area contributed by atoms with E-state index < -0.39 is 0 Å². The van der Waals surface area contributed by atoms with Gasteiger partial charge in [0.2, 0.25) is 5.91 Å². The fourth-order valence-electron chi connectivity index (χ4n) is 3.44. The average Bonchev–Trinajstić information content (AvgIpc) is 3.26. The zero-order valence-electron chi connectivity index (χ0n) is 16.1. The molecule has 0 aliphatic carbocycles. The van der Waals surface area contributed by atoms with Crippen LogP contribution in [0.1, 0.15) is 23.4 Å². The molecular formula is C22H23N5O. The molecule has 0 saturated heterocycles. The predicted octanol–water partition coefficient (Wildman–Crippen LogP) is 3.55. The summed E-state index contributed by atoms with van der Waals surface area (Å²) in [6.45, 7) is 5.10. The molecule has 0 fully saturated rings. The van der Waals surface area contributed by atoms with Crippen LogP contribution in [0.3, 0.4) is 0 Å². The van der Waals surface area contributed by atoms with Crippen LogP contribution in [0.2, 0.25) is 0 Å². The van der Waals surface area contributed by atoms with E-state index in [1.807, 2.05) is 77.7 Å². The number of amides is 1. The van der Waals surface area contributed by atoms with Gasteiger partial charge in [-0.2, -0.15) is 5.10 Å². The highest BCUT2D eigenvalue weighted by Crippen LogP contribution is 2.18. The molecule has 1 N–H and O–H groups in total. The zero-order valence-corrected chi connectivity index (χ0v) is 16.1. The number of rotatable bonds is 6. The van der Waals surface area contributed by atoms with Gasteiger partial charge >= 0.3 is 0 Å². The van der Waals surface area contributed by atoms with Gasteiger partial charge < -0.3 is 9.88 Å². The Hall–Kier alpha value is -3.41. The standard InChI is InChI=1S/C22H23N5O/c1-16-19(17(2)27(25-16)18-8-4-3-5-9-18)14-23-22(28)12-13-26-15-24-20-10-6-7-11-21(20)26/h3-11,15H,12-14H2,1-2H3,(H,23,28). The zero-order chi connectivity index (χ0) is 19.5. The third-order valence-corrected chi connectivity index (χ3v) is 5.01. The van der Waals surface area contributed by atoms with Crippen LogP contribution in [0.5, 0.6) is 0 Å². The number of aryl methyl sites for hydroxylation is 2. The van der Waals surface area contributed by atoms with Crippen molar-refractivity contribution in [1.82, 2.24) is 24.6 Å². The van der Waals surface area contributed by atoms with Crippen molar-refractivity contribution in [3.05, 3.63) is 77.9 Å². The minimum absolute atomic E-state index is 0.0176. The molecular weight excluding hydrogens is 350 g/mol. The van der Waals surface area contributed by atoms with Crippen LogP contribution in [0.4, 0.5) is 0 Å². The molecule has 4 aromatic rings. The molecule has 6 nitrogen and oxygen atoms in total. The largest absolute Gasteiger partial charge is 0.352 e.